The van der Waals surface area contributed by atoms with Gasteiger partial charge in [-0.2, -0.15) is 17.5 Å². The number of aromatic amines is 1. The maximum absolute atomic E-state index is 12.4. The molecule has 1 aromatic heterocycles. The number of hydrogen-bond acceptors (Lipinski definition) is 3. The average molecular weight is 298 g/mol. The number of alkyl halides is 3. The average Bonchev–Trinajstić information content (AvgIpc) is 2.27. The van der Waals surface area contributed by atoms with E-state index in [1.54, 1.807) is 6.92 Å². The van der Waals surface area contributed by atoms with Crippen LogP contribution in [0, 0.1) is 0 Å². The van der Waals surface area contributed by atoms with Crippen molar-refractivity contribution in [3.63, 3.8) is 0 Å². The molecule has 1 aromatic rings. The molecule has 19 heavy (non-hydrogen) atoms. The molecule has 0 aliphatic rings. The van der Waals surface area contributed by atoms with Crippen LogP contribution in [0.1, 0.15) is 13.3 Å². The lowest BCUT2D eigenvalue weighted by Gasteiger charge is -2.22. The summed E-state index contributed by atoms with van der Waals surface area (Å²) >= 11 is 0. The molecule has 1 N–H and O–H groups in total. The van der Waals surface area contributed by atoms with E-state index in [-0.39, 0.29) is 17.9 Å². The number of nitrogens with zero attached hydrogens (tertiary/aromatic N) is 1. The Kier molecular flexibility index (Phi) is 4.75. The fourth-order valence-electron chi connectivity index (χ4n) is 1.44. The van der Waals surface area contributed by atoms with E-state index < -0.39 is 28.3 Å². The lowest BCUT2D eigenvalue weighted by molar-refractivity contribution is -0.136. The van der Waals surface area contributed by atoms with E-state index in [1.807, 2.05) is 0 Å². The molecule has 0 aliphatic carbocycles. The Labute approximate surface area is 108 Å². The molecule has 0 spiro atoms. The van der Waals surface area contributed by atoms with Crippen LogP contribution >= 0.6 is 0 Å². The number of pyridine rings is 1. The second-order valence-electron chi connectivity index (χ2n) is 3.84. The maximum Gasteiger partial charge on any atom is 0.402 e. The molecule has 0 fully saturated rings. The Bertz CT molecular complexity index is 560. The Hall–Kier alpha value is -1.35. The molecule has 0 aliphatic heterocycles. The van der Waals surface area contributed by atoms with Gasteiger partial charge in [0.1, 0.15) is 6.54 Å². The van der Waals surface area contributed by atoms with Crippen LogP contribution < -0.4 is 5.56 Å². The molecule has 9 heteroatoms. The van der Waals surface area contributed by atoms with Crippen molar-refractivity contribution in [3.05, 3.63) is 28.7 Å². The summed E-state index contributed by atoms with van der Waals surface area (Å²) in [5.41, 5.74) is -0.531. The van der Waals surface area contributed by atoms with Crippen molar-refractivity contribution in [2.45, 2.75) is 24.4 Å². The van der Waals surface area contributed by atoms with E-state index in [9.17, 15) is 26.4 Å². The second-order valence-corrected chi connectivity index (χ2v) is 5.78. The van der Waals surface area contributed by atoms with Crippen molar-refractivity contribution in [2.24, 2.45) is 0 Å². The van der Waals surface area contributed by atoms with E-state index in [2.05, 4.69) is 4.98 Å². The van der Waals surface area contributed by atoms with Gasteiger partial charge in [-0.1, -0.05) is 6.92 Å². The van der Waals surface area contributed by atoms with Crippen molar-refractivity contribution >= 4 is 10.0 Å². The van der Waals surface area contributed by atoms with Gasteiger partial charge in [-0.15, -0.1) is 0 Å². The third-order valence-electron chi connectivity index (χ3n) is 2.22. The zero-order valence-corrected chi connectivity index (χ0v) is 10.9. The number of hydrogen-bond donors (Lipinski definition) is 1. The molecule has 1 heterocycles. The highest BCUT2D eigenvalue weighted by molar-refractivity contribution is 7.89. The first-order chi connectivity index (χ1) is 8.66. The minimum Gasteiger partial charge on any atom is -0.328 e. The first-order valence-electron chi connectivity index (χ1n) is 5.42. The van der Waals surface area contributed by atoms with Crippen LogP contribution in [0.15, 0.2) is 28.0 Å². The van der Waals surface area contributed by atoms with Crippen molar-refractivity contribution in [1.29, 1.82) is 0 Å². The molecule has 0 aromatic carbocycles. The molecule has 0 saturated heterocycles. The molecule has 0 bridgehead atoms. The molecule has 0 unspecified atom stereocenters. The fraction of sp³-hybridized carbons (Fsp3) is 0.500. The summed E-state index contributed by atoms with van der Waals surface area (Å²) in [6.07, 6.45) is -3.49. The Morgan fingerprint density at radius 2 is 1.95 bits per heavy atom. The first kappa shape index (κ1) is 15.7. The quantitative estimate of drug-likeness (QED) is 0.891. The monoisotopic (exact) mass is 298 g/mol. The lowest BCUT2D eigenvalue weighted by Crippen LogP contribution is -2.39. The van der Waals surface area contributed by atoms with Crippen LogP contribution in [0.2, 0.25) is 0 Å². The highest BCUT2D eigenvalue weighted by atomic mass is 32.2. The zero-order chi connectivity index (χ0) is 14.7. The topological polar surface area (TPSA) is 70.2 Å². The van der Waals surface area contributed by atoms with Gasteiger partial charge < -0.3 is 4.98 Å². The Morgan fingerprint density at radius 1 is 1.32 bits per heavy atom. The molecular weight excluding hydrogens is 285 g/mol. The largest absolute Gasteiger partial charge is 0.402 e. The van der Waals surface area contributed by atoms with E-state index in [4.69, 9.17) is 0 Å². The Balaban J connectivity index is 3.12. The molecule has 5 nitrogen and oxygen atoms in total. The van der Waals surface area contributed by atoms with Crippen LogP contribution in [0.25, 0.3) is 0 Å². The van der Waals surface area contributed by atoms with Crippen molar-refractivity contribution in [3.8, 4) is 0 Å². The van der Waals surface area contributed by atoms with Crippen LogP contribution in [0.5, 0.6) is 0 Å². The molecular formula is C10H13F3N2O3S. The van der Waals surface area contributed by atoms with E-state index in [0.29, 0.717) is 4.31 Å². The molecule has 0 radical (unpaired) electrons. The lowest BCUT2D eigenvalue weighted by atomic mass is 10.5. The van der Waals surface area contributed by atoms with Gasteiger partial charge in [0.15, 0.2) is 0 Å². The summed E-state index contributed by atoms with van der Waals surface area (Å²) in [6.45, 7) is -0.227. The third kappa shape index (κ3) is 4.35. The minimum absolute atomic E-state index is 0.249. The summed E-state index contributed by atoms with van der Waals surface area (Å²) in [7, 11) is -4.27. The number of sulfonamides is 1. The van der Waals surface area contributed by atoms with Gasteiger partial charge in [0.2, 0.25) is 15.6 Å². The Morgan fingerprint density at radius 3 is 2.37 bits per heavy atom. The van der Waals surface area contributed by atoms with Gasteiger partial charge >= 0.3 is 6.18 Å². The minimum atomic E-state index is -4.62. The van der Waals surface area contributed by atoms with E-state index in [0.717, 1.165) is 18.3 Å². The molecule has 108 valence electrons. The van der Waals surface area contributed by atoms with Crippen molar-refractivity contribution in [2.75, 3.05) is 13.1 Å². The zero-order valence-electron chi connectivity index (χ0n) is 10.1. The standard InChI is InChI=1S/C10H13F3N2O3S/c1-2-5-15(7-10(11,12)13)19(17,18)8-3-4-9(16)14-6-8/h3-4,6H,2,5,7H2,1H3,(H,14,16). The molecule has 0 saturated carbocycles. The number of halogens is 3. The van der Waals surface area contributed by atoms with Gasteiger partial charge in [0, 0.05) is 18.8 Å². The fourth-order valence-corrected chi connectivity index (χ4v) is 2.92. The summed E-state index contributed by atoms with van der Waals surface area (Å²) in [5, 5.41) is 0. The maximum atomic E-state index is 12.4. The highest BCUT2D eigenvalue weighted by Gasteiger charge is 2.36. The van der Waals surface area contributed by atoms with Gasteiger partial charge in [-0.25, -0.2) is 8.42 Å². The molecule has 1 rings (SSSR count). The first-order valence-corrected chi connectivity index (χ1v) is 6.86. The smallest absolute Gasteiger partial charge is 0.328 e. The summed E-state index contributed by atoms with van der Waals surface area (Å²) < 4.78 is 61.5. The van der Waals surface area contributed by atoms with E-state index >= 15 is 0 Å². The summed E-state index contributed by atoms with van der Waals surface area (Å²) in [4.78, 5) is 12.6. The number of H-pyrrole nitrogens is 1. The number of aromatic nitrogens is 1. The van der Waals surface area contributed by atoms with E-state index in [1.165, 1.54) is 0 Å². The third-order valence-corrected chi connectivity index (χ3v) is 4.06. The van der Waals surface area contributed by atoms with Gasteiger partial charge in [-0.05, 0) is 12.5 Å². The normalized spacial score (nSPS) is 12.9. The van der Waals surface area contributed by atoms with Crippen LogP contribution in [-0.4, -0.2) is 37.0 Å². The highest BCUT2D eigenvalue weighted by Crippen LogP contribution is 2.22. The molecule has 0 atom stereocenters. The van der Waals surface area contributed by atoms with Gasteiger partial charge in [0.25, 0.3) is 0 Å². The van der Waals surface area contributed by atoms with Crippen molar-refractivity contribution in [1.82, 2.24) is 9.29 Å². The second kappa shape index (κ2) is 5.74. The number of nitrogens with one attached hydrogen (secondary N) is 1. The molecule has 0 amide bonds. The van der Waals surface area contributed by atoms with Gasteiger partial charge in [-0.3, -0.25) is 4.79 Å². The van der Waals surface area contributed by atoms with Gasteiger partial charge in [0.05, 0.1) is 4.90 Å². The SMILES string of the molecule is CCCN(CC(F)(F)F)S(=O)(=O)c1ccc(=O)[nH]c1. The van der Waals surface area contributed by atoms with Crippen LogP contribution in [0.3, 0.4) is 0 Å². The summed E-state index contributed by atoms with van der Waals surface area (Å²) in [6, 6.07) is 1.93. The predicted octanol–water partition coefficient (Wildman–Crippen LogP) is 1.34. The van der Waals surface area contributed by atoms with Crippen LogP contribution in [-0.2, 0) is 10.0 Å². The van der Waals surface area contributed by atoms with Crippen molar-refractivity contribution < 1.29 is 21.6 Å². The van der Waals surface area contributed by atoms with Crippen LogP contribution in [0.4, 0.5) is 13.2 Å². The predicted molar refractivity (Wildman–Crippen MR) is 62.2 cm³/mol. The summed E-state index contributed by atoms with van der Waals surface area (Å²) in [5.74, 6) is 0. The number of rotatable bonds is 5.